The molecule has 0 aliphatic heterocycles. The van der Waals surface area contributed by atoms with E-state index in [4.69, 9.17) is 18.5 Å². The fraction of sp³-hybridized carbons (Fsp3) is 0.921. The molecule has 0 aromatic carbocycles. The zero-order valence-corrected chi connectivity index (χ0v) is 59.2. The normalized spacial score (nSPS) is 13.1. The molecule has 0 spiro atoms. The Morgan fingerprint density at radius 3 is 0.919 bits per heavy atom. The van der Waals surface area contributed by atoms with Crippen LogP contribution in [0.2, 0.25) is 0 Å². The Kier molecular flexibility index (Phi) is 66.7. The maximum absolute atomic E-state index is 12.9. The van der Waals surface area contributed by atoms with Crippen LogP contribution in [-0.2, 0) is 32.7 Å². The molecule has 0 rings (SSSR count). The van der Waals surface area contributed by atoms with E-state index in [0.29, 0.717) is 17.4 Å². The zero-order valence-electron chi connectivity index (χ0n) is 58.3. The van der Waals surface area contributed by atoms with Crippen molar-refractivity contribution in [2.75, 3.05) is 47.5 Å². The lowest BCUT2D eigenvalue weighted by atomic mass is 10.0. The highest BCUT2D eigenvalue weighted by Gasteiger charge is 2.22. The van der Waals surface area contributed by atoms with Gasteiger partial charge < -0.3 is 27.9 Å². The summed E-state index contributed by atoms with van der Waals surface area (Å²) < 4.78 is 34.4. The summed E-state index contributed by atoms with van der Waals surface area (Å²) in [5.74, 6) is -0.809. The molecule has 0 aliphatic rings. The summed E-state index contributed by atoms with van der Waals surface area (Å²) in [7, 11) is 1.19. The first kappa shape index (κ1) is 84.5. The molecule has 0 amide bonds. The van der Waals surface area contributed by atoms with Crippen LogP contribution in [0.15, 0.2) is 24.3 Å². The van der Waals surface area contributed by atoms with Gasteiger partial charge in [-0.05, 0) is 44.9 Å². The quantitative estimate of drug-likeness (QED) is 0.0195. The summed E-state index contributed by atoms with van der Waals surface area (Å²) in [6.45, 7) is 4.31. The number of ether oxygens (including phenoxy) is 2. The minimum absolute atomic E-state index is 0.0273. The summed E-state index contributed by atoms with van der Waals surface area (Å²) in [4.78, 5) is 38.1. The van der Waals surface area contributed by atoms with Crippen LogP contribution in [0.25, 0.3) is 0 Å². The fourth-order valence-corrected chi connectivity index (χ4v) is 12.4. The number of unbranched alkanes of at least 4 members (excludes halogenated alkanes) is 54. The summed E-state index contributed by atoms with van der Waals surface area (Å²) >= 11 is 0. The Labute approximate surface area is 536 Å². The van der Waals surface area contributed by atoms with Gasteiger partial charge >= 0.3 is 11.9 Å². The van der Waals surface area contributed by atoms with Crippen molar-refractivity contribution in [1.29, 1.82) is 0 Å². The van der Waals surface area contributed by atoms with E-state index in [2.05, 4.69) is 38.2 Å². The average Bonchev–Trinajstić information content (AvgIpc) is 3.53. The number of allylic oxidation sites excluding steroid dienone is 4. The van der Waals surface area contributed by atoms with E-state index in [0.717, 1.165) is 38.5 Å². The molecule has 9 nitrogen and oxygen atoms in total. The van der Waals surface area contributed by atoms with Crippen molar-refractivity contribution in [2.24, 2.45) is 0 Å². The third kappa shape index (κ3) is 71.6. The molecule has 0 fully saturated rings. The van der Waals surface area contributed by atoms with Crippen LogP contribution in [0.4, 0.5) is 0 Å². The number of hydrogen-bond donors (Lipinski definition) is 0. The smallest absolute Gasteiger partial charge is 0.306 e. The first-order valence-electron chi connectivity index (χ1n) is 38.0. The lowest BCUT2D eigenvalue weighted by molar-refractivity contribution is -0.870. The Morgan fingerprint density at radius 1 is 0.360 bits per heavy atom. The molecule has 0 saturated carbocycles. The molecule has 2 atom stereocenters. The van der Waals surface area contributed by atoms with Gasteiger partial charge in [0, 0.05) is 12.8 Å². The van der Waals surface area contributed by atoms with Gasteiger partial charge in [0.25, 0.3) is 7.82 Å². The van der Waals surface area contributed by atoms with Gasteiger partial charge in [-0.3, -0.25) is 14.2 Å². The van der Waals surface area contributed by atoms with E-state index in [1.807, 2.05) is 21.1 Å². The maximum atomic E-state index is 12.9. The second-order valence-electron chi connectivity index (χ2n) is 27.4. The molecule has 0 aromatic heterocycles. The molecule has 0 heterocycles. The van der Waals surface area contributed by atoms with Gasteiger partial charge in [-0.15, -0.1) is 0 Å². The molecule has 510 valence electrons. The van der Waals surface area contributed by atoms with E-state index in [1.165, 1.54) is 327 Å². The highest BCUT2D eigenvalue weighted by molar-refractivity contribution is 7.45. The largest absolute Gasteiger partial charge is 0.756 e. The Morgan fingerprint density at radius 2 is 0.628 bits per heavy atom. The predicted octanol–water partition coefficient (Wildman–Crippen LogP) is 24.2. The first-order chi connectivity index (χ1) is 42.0. The van der Waals surface area contributed by atoms with Crippen molar-refractivity contribution in [3.63, 3.8) is 0 Å². The van der Waals surface area contributed by atoms with Gasteiger partial charge in [0.05, 0.1) is 27.7 Å². The van der Waals surface area contributed by atoms with Crippen LogP contribution < -0.4 is 4.89 Å². The third-order valence-electron chi connectivity index (χ3n) is 17.5. The van der Waals surface area contributed by atoms with Crippen LogP contribution in [-0.4, -0.2) is 70.0 Å². The number of hydrogen-bond acceptors (Lipinski definition) is 8. The lowest BCUT2D eigenvalue weighted by Crippen LogP contribution is -2.37. The van der Waals surface area contributed by atoms with Crippen LogP contribution in [0, 0.1) is 0 Å². The van der Waals surface area contributed by atoms with Crippen LogP contribution >= 0.6 is 7.82 Å². The van der Waals surface area contributed by atoms with E-state index in [-0.39, 0.29) is 32.0 Å². The number of likely N-dealkylation sites (N-methyl/N-ethyl adjacent to an activating group) is 1. The molecule has 10 heteroatoms. The Bertz CT molecular complexity index is 1500. The number of rotatable bonds is 72. The second-order valence-corrected chi connectivity index (χ2v) is 28.8. The molecule has 0 aliphatic carbocycles. The van der Waals surface area contributed by atoms with Crippen molar-refractivity contribution in [3.8, 4) is 0 Å². The molecule has 0 aromatic rings. The fourth-order valence-electron chi connectivity index (χ4n) is 11.6. The van der Waals surface area contributed by atoms with E-state index >= 15 is 0 Å². The SMILES string of the molecule is CCCCCCC/C=C\C/C=C\CCCCCCCCCCCCCCCCCC(=O)OC(COC(=O)CCCCCCCCCCCCCCCCCCCCCCCCCCCCCCCCCCCCC)COP(=O)([O-])OCC[N+](C)(C)C. The van der Waals surface area contributed by atoms with Gasteiger partial charge in [0.1, 0.15) is 19.8 Å². The first-order valence-corrected chi connectivity index (χ1v) is 39.5. The molecule has 86 heavy (non-hydrogen) atoms. The number of carbonyl (C=O) groups is 2. The lowest BCUT2D eigenvalue weighted by Gasteiger charge is -2.28. The van der Waals surface area contributed by atoms with E-state index in [9.17, 15) is 19.0 Å². The average molecular weight is 1230 g/mol. The number of carbonyl (C=O) groups excluding carboxylic acids is 2. The maximum Gasteiger partial charge on any atom is 0.306 e. The highest BCUT2D eigenvalue weighted by atomic mass is 31.2. The summed E-state index contributed by atoms with van der Waals surface area (Å²) in [6.07, 6.45) is 85.8. The second kappa shape index (κ2) is 67.9. The van der Waals surface area contributed by atoms with Gasteiger partial charge in [0.2, 0.25) is 0 Å². The van der Waals surface area contributed by atoms with Crippen molar-refractivity contribution in [1.82, 2.24) is 0 Å². The molecular formula is C76H148NO8P. The molecule has 2 unspecified atom stereocenters. The van der Waals surface area contributed by atoms with E-state index < -0.39 is 26.5 Å². The predicted molar refractivity (Wildman–Crippen MR) is 370 cm³/mol. The van der Waals surface area contributed by atoms with Crippen LogP contribution in [0.5, 0.6) is 0 Å². The highest BCUT2D eigenvalue weighted by Crippen LogP contribution is 2.38. The Hall–Kier alpha value is -1.51. The van der Waals surface area contributed by atoms with Gasteiger partial charge in [-0.2, -0.15) is 0 Å². The van der Waals surface area contributed by atoms with Crippen LogP contribution in [0.1, 0.15) is 399 Å². The third-order valence-corrected chi connectivity index (χ3v) is 18.4. The number of esters is 2. The summed E-state index contributed by atoms with van der Waals surface area (Å²) in [5.41, 5.74) is 0. The number of nitrogens with zero attached hydrogens (tertiary/aromatic N) is 1. The summed E-state index contributed by atoms with van der Waals surface area (Å²) in [5, 5.41) is 0. The molecular weight excluding hydrogens is 1090 g/mol. The van der Waals surface area contributed by atoms with Crippen LogP contribution in [0.3, 0.4) is 0 Å². The number of quaternary nitrogens is 1. The van der Waals surface area contributed by atoms with Gasteiger partial charge in [-0.1, -0.05) is 366 Å². The van der Waals surface area contributed by atoms with Crippen molar-refractivity contribution in [3.05, 3.63) is 24.3 Å². The molecule has 0 bridgehead atoms. The molecule has 0 saturated heterocycles. The molecule has 0 radical (unpaired) electrons. The minimum atomic E-state index is -4.64. The number of phosphoric acid groups is 1. The minimum Gasteiger partial charge on any atom is -0.756 e. The van der Waals surface area contributed by atoms with Crippen molar-refractivity contribution >= 4 is 19.8 Å². The molecule has 0 N–H and O–H groups in total. The number of phosphoric ester groups is 1. The topological polar surface area (TPSA) is 111 Å². The summed E-state index contributed by atoms with van der Waals surface area (Å²) in [6, 6.07) is 0. The van der Waals surface area contributed by atoms with E-state index in [1.54, 1.807) is 0 Å². The standard InChI is InChI=1S/C76H148NO8P/c1-6-8-10-12-14-16-18-20-22-24-26-28-30-32-34-35-36-37-38-39-40-41-43-44-46-48-50-52-54-56-58-60-62-64-66-68-75(78)82-72-74(73-84-86(80,81)83-71-70-77(3,4)5)85-76(79)69-67-65-63-61-59-57-55-53-51-49-47-45-42-33-31-29-27-25-23-21-19-17-15-13-11-9-7-2/h19,21,25,27,74H,6-18,20,22-24,26,28-73H2,1-5H3/b21-19-,27-25-. The van der Waals surface area contributed by atoms with Crippen molar-refractivity contribution < 1.29 is 42.1 Å². The monoisotopic (exact) mass is 1230 g/mol. The van der Waals surface area contributed by atoms with Gasteiger partial charge in [-0.25, -0.2) is 0 Å². The van der Waals surface area contributed by atoms with Gasteiger partial charge in [0.15, 0.2) is 6.10 Å². The Balaban J connectivity index is 3.92. The van der Waals surface area contributed by atoms with Crippen molar-refractivity contribution in [2.45, 2.75) is 405 Å². The zero-order chi connectivity index (χ0) is 62.6.